The van der Waals surface area contributed by atoms with E-state index < -0.39 is 27.7 Å². The Morgan fingerprint density at radius 3 is 2.51 bits per heavy atom. The Hall–Kier alpha value is -3.67. The number of aromatic amines is 1. The Balaban J connectivity index is 1.95. The number of halogens is 1. The van der Waals surface area contributed by atoms with E-state index in [4.69, 9.17) is 16.3 Å². The number of fused-ring (bicyclic) bond motifs is 1. The van der Waals surface area contributed by atoms with Crippen molar-refractivity contribution in [3.63, 3.8) is 0 Å². The fraction of sp³-hybridized carbons (Fsp3) is 0.240. The molecule has 37 heavy (non-hydrogen) atoms. The van der Waals surface area contributed by atoms with Crippen molar-refractivity contribution < 1.29 is 23.1 Å². The molecule has 10 nitrogen and oxygen atoms in total. The first-order chi connectivity index (χ1) is 17.5. The van der Waals surface area contributed by atoms with Gasteiger partial charge in [-0.3, -0.25) is 0 Å². The highest BCUT2D eigenvalue weighted by Gasteiger charge is 2.32. The number of aromatic nitrogens is 3. The first-order valence-electron chi connectivity index (χ1n) is 11.3. The SMILES string of the molecule is CC[C@H](c1ccccc1)N(C)S(=O)(=O)c1cc(-n2c(=O)[nH]c3c(C)cc(C(=O)O)nc32)c(Cl)cc1OC. The van der Waals surface area contributed by atoms with Crippen LogP contribution < -0.4 is 10.4 Å². The lowest BCUT2D eigenvalue weighted by Crippen LogP contribution is -2.31. The average molecular weight is 545 g/mol. The van der Waals surface area contributed by atoms with Gasteiger partial charge < -0.3 is 14.8 Å². The van der Waals surface area contributed by atoms with Crippen molar-refractivity contribution in [2.45, 2.75) is 31.2 Å². The fourth-order valence-corrected chi connectivity index (χ4v) is 6.13. The number of nitrogens with one attached hydrogen (secondary N) is 1. The lowest BCUT2D eigenvalue weighted by Gasteiger charge is -2.28. The number of pyridine rings is 1. The minimum Gasteiger partial charge on any atom is -0.495 e. The van der Waals surface area contributed by atoms with Gasteiger partial charge in [0.25, 0.3) is 0 Å². The third-order valence-corrected chi connectivity index (χ3v) is 8.39. The molecule has 0 bridgehead atoms. The van der Waals surface area contributed by atoms with Crippen LogP contribution in [0, 0.1) is 6.92 Å². The summed E-state index contributed by atoms with van der Waals surface area (Å²) in [6.45, 7) is 3.51. The predicted molar refractivity (Wildman–Crippen MR) is 139 cm³/mol. The molecular weight excluding hydrogens is 520 g/mol. The van der Waals surface area contributed by atoms with E-state index in [0.717, 1.165) is 10.1 Å². The fourth-order valence-electron chi connectivity index (χ4n) is 4.32. The number of nitrogens with zero attached hydrogens (tertiary/aromatic N) is 3. The van der Waals surface area contributed by atoms with Gasteiger partial charge in [-0.15, -0.1) is 0 Å². The molecule has 0 aliphatic rings. The second kappa shape index (κ2) is 10.0. The smallest absolute Gasteiger partial charge is 0.354 e. The number of ether oxygens (including phenoxy) is 1. The Bertz CT molecular complexity index is 1660. The van der Waals surface area contributed by atoms with E-state index in [9.17, 15) is 23.1 Å². The average Bonchev–Trinajstić information content (AvgIpc) is 3.20. The number of sulfonamides is 1. The van der Waals surface area contributed by atoms with Gasteiger partial charge in [-0.05, 0) is 36.6 Å². The molecular formula is C25H25ClN4O6S. The quantitative estimate of drug-likeness (QED) is 0.340. The topological polar surface area (TPSA) is 135 Å². The second-order valence-corrected chi connectivity index (χ2v) is 10.8. The highest BCUT2D eigenvalue weighted by atomic mass is 35.5. The molecule has 0 amide bonds. The van der Waals surface area contributed by atoms with Crippen molar-refractivity contribution in [2.24, 2.45) is 0 Å². The van der Waals surface area contributed by atoms with Gasteiger partial charge in [0, 0.05) is 19.2 Å². The summed E-state index contributed by atoms with van der Waals surface area (Å²) >= 11 is 6.50. The molecule has 0 aliphatic heterocycles. The van der Waals surface area contributed by atoms with Crippen molar-refractivity contribution in [3.05, 3.63) is 80.9 Å². The summed E-state index contributed by atoms with van der Waals surface area (Å²) in [6, 6.07) is 12.6. The summed E-state index contributed by atoms with van der Waals surface area (Å²) in [6.07, 6.45) is 0.506. The zero-order valence-electron chi connectivity index (χ0n) is 20.5. The third kappa shape index (κ3) is 4.61. The van der Waals surface area contributed by atoms with Gasteiger partial charge in [0.05, 0.1) is 23.3 Å². The van der Waals surface area contributed by atoms with E-state index in [2.05, 4.69) is 9.97 Å². The summed E-state index contributed by atoms with van der Waals surface area (Å²) in [5.74, 6) is -1.28. The molecule has 0 aliphatic carbocycles. The molecule has 4 rings (SSSR count). The zero-order chi connectivity index (χ0) is 27.1. The van der Waals surface area contributed by atoms with Crippen molar-refractivity contribution in [1.82, 2.24) is 18.8 Å². The first-order valence-corrected chi connectivity index (χ1v) is 13.1. The van der Waals surface area contributed by atoms with Gasteiger partial charge >= 0.3 is 11.7 Å². The Labute approximate surface area is 218 Å². The molecule has 2 aromatic heterocycles. The van der Waals surface area contributed by atoms with Gasteiger partial charge in [-0.1, -0.05) is 48.9 Å². The number of carbonyl (C=O) groups is 1. The summed E-state index contributed by atoms with van der Waals surface area (Å²) in [4.78, 5) is 31.1. The molecule has 0 spiro atoms. The molecule has 2 heterocycles. The van der Waals surface area contributed by atoms with E-state index in [1.165, 1.54) is 36.7 Å². The van der Waals surface area contributed by atoms with E-state index in [1.54, 1.807) is 6.92 Å². The monoisotopic (exact) mass is 544 g/mol. The number of hydrogen-bond acceptors (Lipinski definition) is 6. The molecule has 0 radical (unpaired) electrons. The van der Waals surface area contributed by atoms with Gasteiger partial charge in [0.15, 0.2) is 11.3 Å². The van der Waals surface area contributed by atoms with Crippen molar-refractivity contribution in [1.29, 1.82) is 0 Å². The van der Waals surface area contributed by atoms with Crippen LogP contribution in [0.1, 0.15) is 41.0 Å². The second-order valence-electron chi connectivity index (χ2n) is 8.40. The Morgan fingerprint density at radius 2 is 1.92 bits per heavy atom. The Morgan fingerprint density at radius 1 is 1.24 bits per heavy atom. The molecule has 0 fully saturated rings. The largest absolute Gasteiger partial charge is 0.495 e. The van der Waals surface area contributed by atoms with E-state index in [-0.39, 0.29) is 32.7 Å². The van der Waals surface area contributed by atoms with Gasteiger partial charge in [-0.25, -0.2) is 27.6 Å². The number of H-pyrrole nitrogens is 1. The number of methoxy groups -OCH3 is 1. The highest BCUT2D eigenvalue weighted by Crippen LogP contribution is 2.37. The van der Waals surface area contributed by atoms with Crippen LogP contribution in [0.5, 0.6) is 5.75 Å². The van der Waals surface area contributed by atoms with E-state index in [1.807, 2.05) is 37.3 Å². The van der Waals surface area contributed by atoms with E-state index in [0.29, 0.717) is 17.5 Å². The number of aromatic carboxylic acids is 1. The summed E-state index contributed by atoms with van der Waals surface area (Å²) in [5.41, 5.74) is 0.673. The van der Waals surface area contributed by atoms with Crippen molar-refractivity contribution >= 4 is 38.8 Å². The number of imidazole rings is 1. The first kappa shape index (κ1) is 26.4. The molecule has 0 saturated heterocycles. The zero-order valence-corrected chi connectivity index (χ0v) is 22.1. The number of aryl methyl sites for hydroxylation is 1. The lowest BCUT2D eigenvalue weighted by molar-refractivity contribution is 0.0690. The molecule has 0 saturated carbocycles. The predicted octanol–water partition coefficient (Wildman–Crippen LogP) is 4.15. The normalized spacial score (nSPS) is 12.7. The van der Waals surface area contributed by atoms with Crippen LogP contribution in [0.2, 0.25) is 5.02 Å². The number of rotatable bonds is 8. The molecule has 12 heteroatoms. The third-order valence-electron chi connectivity index (χ3n) is 6.20. The minimum absolute atomic E-state index is 0.00175. The van der Waals surface area contributed by atoms with Gasteiger partial charge in [-0.2, -0.15) is 4.31 Å². The lowest BCUT2D eigenvalue weighted by atomic mass is 10.1. The molecule has 194 valence electrons. The molecule has 2 aromatic carbocycles. The molecule has 1 atom stereocenters. The summed E-state index contributed by atoms with van der Waals surface area (Å²) in [7, 11) is -1.36. The molecule has 4 aromatic rings. The van der Waals surface area contributed by atoms with Crippen LogP contribution in [0.4, 0.5) is 0 Å². The maximum absolute atomic E-state index is 13.9. The highest BCUT2D eigenvalue weighted by molar-refractivity contribution is 7.89. The van der Waals surface area contributed by atoms with Gasteiger partial charge in [0.2, 0.25) is 10.0 Å². The molecule has 0 unspecified atom stereocenters. The number of hydrogen-bond donors (Lipinski definition) is 2. The van der Waals surface area contributed by atoms with Crippen LogP contribution in [0.25, 0.3) is 16.9 Å². The van der Waals surface area contributed by atoms with Crippen LogP contribution in [0.3, 0.4) is 0 Å². The van der Waals surface area contributed by atoms with Crippen molar-refractivity contribution in [2.75, 3.05) is 14.2 Å². The van der Waals surface area contributed by atoms with E-state index >= 15 is 0 Å². The number of benzene rings is 2. The molecule has 2 N–H and O–H groups in total. The minimum atomic E-state index is -4.16. The Kier molecular flexibility index (Phi) is 7.13. The summed E-state index contributed by atoms with van der Waals surface area (Å²) in [5, 5.41) is 9.46. The standard InChI is InChI=1S/C25H25ClN4O6S/c1-5-18(15-9-7-6-8-10-15)29(3)37(34,35)21-13-19(16(26)12-20(21)36-4)30-23-22(28-25(30)33)14(2)11-17(27-23)24(31)32/h6-13,18H,5H2,1-4H3,(H,28,33)(H,31,32)/t18-/m1/s1. The van der Waals surface area contributed by atoms with Crippen LogP contribution in [0.15, 0.2) is 58.2 Å². The maximum Gasteiger partial charge on any atom is 0.354 e. The van der Waals surface area contributed by atoms with Crippen molar-refractivity contribution in [3.8, 4) is 11.4 Å². The maximum atomic E-state index is 13.9. The summed E-state index contributed by atoms with van der Waals surface area (Å²) < 4.78 is 35.4. The van der Waals surface area contributed by atoms with Crippen LogP contribution >= 0.6 is 11.6 Å². The van der Waals surface area contributed by atoms with Crippen LogP contribution in [-0.4, -0.2) is 52.5 Å². The van der Waals surface area contributed by atoms with Crippen LogP contribution in [-0.2, 0) is 10.0 Å². The number of carboxylic acid groups (broad SMARTS) is 1. The number of carboxylic acids is 1. The van der Waals surface area contributed by atoms with Gasteiger partial charge in [0.1, 0.15) is 10.6 Å².